The molecule has 0 radical (unpaired) electrons. The van der Waals surface area contributed by atoms with Crippen LogP contribution in [0.2, 0.25) is 0 Å². The van der Waals surface area contributed by atoms with Gasteiger partial charge in [-0.15, -0.1) is 0 Å². The molecule has 0 saturated carbocycles. The van der Waals surface area contributed by atoms with Gasteiger partial charge in [0.25, 0.3) is 5.78 Å². The molecule has 0 aliphatic carbocycles. The molecule has 3 aromatic rings. The number of benzene rings is 1. The van der Waals surface area contributed by atoms with E-state index in [2.05, 4.69) is 15.1 Å². The Labute approximate surface area is 90.4 Å². The number of halogens is 1. The summed E-state index contributed by atoms with van der Waals surface area (Å²) in [6, 6.07) is 8.25. The van der Waals surface area contributed by atoms with Crippen molar-refractivity contribution in [1.29, 1.82) is 0 Å². The third kappa shape index (κ3) is 1.25. The van der Waals surface area contributed by atoms with Gasteiger partial charge in [-0.2, -0.15) is 14.6 Å². The van der Waals surface area contributed by atoms with Gasteiger partial charge in [0, 0.05) is 11.8 Å². The summed E-state index contributed by atoms with van der Waals surface area (Å²) in [6.45, 7) is 0. The van der Waals surface area contributed by atoms with Crippen LogP contribution in [0.5, 0.6) is 0 Å². The Morgan fingerprint density at radius 2 is 1.94 bits per heavy atom. The normalized spacial score (nSPS) is 10.8. The molecule has 0 aliphatic rings. The molecule has 78 valence electrons. The van der Waals surface area contributed by atoms with E-state index in [0.29, 0.717) is 17.0 Å². The third-order valence-corrected chi connectivity index (χ3v) is 2.33. The van der Waals surface area contributed by atoms with E-state index in [1.807, 2.05) is 0 Å². The average molecular weight is 214 g/mol. The van der Waals surface area contributed by atoms with E-state index in [-0.39, 0.29) is 5.82 Å². The van der Waals surface area contributed by atoms with Crippen LogP contribution in [0.4, 0.5) is 4.39 Å². The molecule has 0 aliphatic heterocycles. The predicted octanol–water partition coefficient (Wildman–Crippen LogP) is 1.93. The van der Waals surface area contributed by atoms with Crippen LogP contribution >= 0.6 is 0 Å². The van der Waals surface area contributed by atoms with Gasteiger partial charge in [0.2, 0.25) is 0 Å². The van der Waals surface area contributed by atoms with E-state index < -0.39 is 0 Å². The summed E-state index contributed by atoms with van der Waals surface area (Å²) in [7, 11) is 0. The topological polar surface area (TPSA) is 43.1 Å². The van der Waals surface area contributed by atoms with Gasteiger partial charge < -0.3 is 0 Å². The second kappa shape index (κ2) is 3.37. The van der Waals surface area contributed by atoms with E-state index in [4.69, 9.17) is 0 Å². The Balaban J connectivity index is 2.34. The maximum absolute atomic E-state index is 13.6. The highest BCUT2D eigenvalue weighted by molar-refractivity contribution is 5.61. The third-order valence-electron chi connectivity index (χ3n) is 2.33. The second-order valence-electron chi connectivity index (χ2n) is 3.28. The smallest absolute Gasteiger partial charge is 0.220 e. The fourth-order valence-corrected chi connectivity index (χ4v) is 1.61. The van der Waals surface area contributed by atoms with Gasteiger partial charge in [-0.3, -0.25) is 0 Å². The largest absolute Gasteiger partial charge is 0.252 e. The highest BCUT2D eigenvalue weighted by Gasteiger charge is 2.09. The fourth-order valence-electron chi connectivity index (χ4n) is 1.61. The van der Waals surface area contributed by atoms with Gasteiger partial charge in [-0.05, 0) is 18.2 Å². The molecule has 1 aromatic carbocycles. The molecule has 0 spiro atoms. The maximum Gasteiger partial charge on any atom is 0.252 e. The summed E-state index contributed by atoms with van der Waals surface area (Å²) >= 11 is 0. The number of hydrogen-bond acceptors (Lipinski definition) is 3. The Morgan fingerprint density at radius 1 is 1.06 bits per heavy atom. The number of hydrogen-bond donors (Lipinski definition) is 0. The van der Waals surface area contributed by atoms with Crippen molar-refractivity contribution < 1.29 is 4.39 Å². The molecule has 2 heterocycles. The van der Waals surface area contributed by atoms with Gasteiger partial charge in [-0.25, -0.2) is 9.37 Å². The molecule has 0 N–H and O–H groups in total. The molecule has 2 aromatic heterocycles. The second-order valence-corrected chi connectivity index (χ2v) is 3.28. The van der Waals surface area contributed by atoms with Crippen molar-refractivity contribution in [2.24, 2.45) is 0 Å². The molecule has 0 saturated heterocycles. The van der Waals surface area contributed by atoms with Crippen LogP contribution in [0.1, 0.15) is 0 Å². The zero-order valence-corrected chi connectivity index (χ0v) is 8.21. The van der Waals surface area contributed by atoms with Crippen LogP contribution in [0, 0.1) is 5.82 Å². The molecular formula is C11H7FN4. The van der Waals surface area contributed by atoms with E-state index in [1.165, 1.54) is 16.9 Å². The zero-order valence-electron chi connectivity index (χ0n) is 8.21. The molecule has 0 bridgehead atoms. The predicted molar refractivity (Wildman–Crippen MR) is 56.2 cm³/mol. The minimum absolute atomic E-state index is 0.287. The number of rotatable bonds is 1. The zero-order chi connectivity index (χ0) is 11.0. The van der Waals surface area contributed by atoms with Crippen molar-refractivity contribution in [3.63, 3.8) is 0 Å². The first kappa shape index (κ1) is 8.96. The van der Waals surface area contributed by atoms with Crippen LogP contribution in [0.25, 0.3) is 17.0 Å². The lowest BCUT2D eigenvalue weighted by molar-refractivity contribution is 0.630. The summed E-state index contributed by atoms with van der Waals surface area (Å²) in [5, 5.41) is 4.01. The summed E-state index contributed by atoms with van der Waals surface area (Å²) in [6.07, 6.45) is 2.98. The molecule has 4 nitrogen and oxygen atoms in total. The van der Waals surface area contributed by atoms with E-state index in [1.54, 1.807) is 30.5 Å². The van der Waals surface area contributed by atoms with Crippen molar-refractivity contribution in [2.45, 2.75) is 0 Å². The van der Waals surface area contributed by atoms with Gasteiger partial charge >= 0.3 is 0 Å². The first-order chi connectivity index (χ1) is 7.86. The van der Waals surface area contributed by atoms with Crippen molar-refractivity contribution in [3.05, 3.63) is 48.7 Å². The van der Waals surface area contributed by atoms with Gasteiger partial charge in [0.05, 0.1) is 5.69 Å². The van der Waals surface area contributed by atoms with Crippen LogP contribution < -0.4 is 0 Å². The first-order valence-corrected chi connectivity index (χ1v) is 4.76. The fraction of sp³-hybridized carbons (Fsp3) is 0. The Kier molecular flexibility index (Phi) is 1.89. The summed E-state index contributed by atoms with van der Waals surface area (Å²) in [5.41, 5.74) is 1.13. The number of fused-ring (bicyclic) bond motifs is 1. The molecular weight excluding hydrogens is 207 g/mol. The lowest BCUT2D eigenvalue weighted by Crippen LogP contribution is -1.97. The van der Waals surface area contributed by atoms with Crippen LogP contribution in [-0.2, 0) is 0 Å². The summed E-state index contributed by atoms with van der Waals surface area (Å²) in [4.78, 5) is 7.98. The molecule has 0 unspecified atom stereocenters. The highest BCUT2D eigenvalue weighted by atomic mass is 19.1. The Morgan fingerprint density at radius 3 is 2.81 bits per heavy atom. The monoisotopic (exact) mass is 214 g/mol. The van der Waals surface area contributed by atoms with Gasteiger partial charge in [0.1, 0.15) is 12.1 Å². The molecule has 0 amide bonds. The quantitative estimate of drug-likeness (QED) is 0.621. The lowest BCUT2D eigenvalue weighted by Gasteiger charge is -2.04. The average Bonchev–Trinajstić information content (AvgIpc) is 2.77. The van der Waals surface area contributed by atoms with Crippen LogP contribution in [0.15, 0.2) is 42.9 Å². The molecule has 5 heteroatoms. The lowest BCUT2D eigenvalue weighted by atomic mass is 10.1. The van der Waals surface area contributed by atoms with Crippen molar-refractivity contribution in [1.82, 2.24) is 19.6 Å². The number of aromatic nitrogens is 4. The summed E-state index contributed by atoms with van der Waals surface area (Å²) < 4.78 is 15.1. The first-order valence-electron chi connectivity index (χ1n) is 4.76. The van der Waals surface area contributed by atoms with Crippen molar-refractivity contribution >= 4 is 5.78 Å². The maximum atomic E-state index is 13.6. The summed E-state index contributed by atoms with van der Waals surface area (Å²) in [5.74, 6) is 0.172. The minimum atomic E-state index is -0.287. The molecule has 0 fully saturated rings. The standard InChI is InChI=1S/C11H7FN4/c12-9-4-2-1-3-8(9)10-5-6-13-11-14-7-15-16(10)11/h1-7H. The van der Waals surface area contributed by atoms with Gasteiger partial charge in [0.15, 0.2) is 0 Å². The van der Waals surface area contributed by atoms with Gasteiger partial charge in [-0.1, -0.05) is 12.1 Å². The van der Waals surface area contributed by atoms with E-state index >= 15 is 0 Å². The van der Waals surface area contributed by atoms with E-state index in [0.717, 1.165) is 0 Å². The number of nitrogens with zero attached hydrogens (tertiary/aromatic N) is 4. The van der Waals surface area contributed by atoms with E-state index in [9.17, 15) is 4.39 Å². The minimum Gasteiger partial charge on any atom is -0.220 e. The SMILES string of the molecule is Fc1ccccc1-c1ccnc2ncnn12. The van der Waals surface area contributed by atoms with Crippen molar-refractivity contribution in [3.8, 4) is 11.3 Å². The van der Waals surface area contributed by atoms with Crippen molar-refractivity contribution in [2.75, 3.05) is 0 Å². The Hall–Kier alpha value is -2.30. The Bertz CT molecular complexity index is 647. The van der Waals surface area contributed by atoms with Crippen LogP contribution in [-0.4, -0.2) is 19.6 Å². The highest BCUT2D eigenvalue weighted by Crippen LogP contribution is 2.21. The molecule has 3 rings (SSSR count). The molecule has 0 atom stereocenters. The van der Waals surface area contributed by atoms with Crippen LogP contribution in [0.3, 0.4) is 0 Å². The molecule has 16 heavy (non-hydrogen) atoms.